The van der Waals surface area contributed by atoms with E-state index in [0.29, 0.717) is 24.1 Å². The quantitative estimate of drug-likeness (QED) is 0.778. The van der Waals surface area contributed by atoms with Gasteiger partial charge in [-0.2, -0.15) is 0 Å². The Kier molecular flexibility index (Phi) is 2.82. The lowest BCUT2D eigenvalue weighted by molar-refractivity contribution is 0.243. The van der Waals surface area contributed by atoms with E-state index in [0.717, 1.165) is 24.3 Å². The van der Waals surface area contributed by atoms with Crippen LogP contribution in [0.3, 0.4) is 0 Å². The maximum absolute atomic E-state index is 9.47. The zero-order valence-electron chi connectivity index (χ0n) is 8.94. The normalized spacial score (nSPS) is 21.6. The number of fused-ring (bicyclic) bond motifs is 1. The second-order valence-corrected chi connectivity index (χ2v) is 4.18. The summed E-state index contributed by atoms with van der Waals surface area (Å²) < 4.78 is 5.55. The molecule has 2 atom stereocenters. The van der Waals surface area contributed by atoms with Crippen molar-refractivity contribution in [3.05, 3.63) is 23.8 Å². The molecule has 0 saturated heterocycles. The first-order valence-corrected chi connectivity index (χ1v) is 5.38. The summed E-state index contributed by atoms with van der Waals surface area (Å²) in [7, 11) is 0. The fourth-order valence-corrected chi connectivity index (χ4v) is 2.16. The number of phenolic OH excluding ortho intramolecular Hbond substituents is 1. The average molecular weight is 207 g/mol. The van der Waals surface area contributed by atoms with Crippen LogP contribution in [0.1, 0.15) is 24.8 Å². The summed E-state index contributed by atoms with van der Waals surface area (Å²) in [4.78, 5) is 0. The monoisotopic (exact) mass is 207 g/mol. The lowest BCUT2D eigenvalue weighted by Gasteiger charge is -2.29. The minimum atomic E-state index is 0.300. The van der Waals surface area contributed by atoms with Gasteiger partial charge in [0.1, 0.15) is 11.5 Å². The number of hydrogen-bond acceptors (Lipinski definition) is 3. The zero-order chi connectivity index (χ0) is 10.8. The highest BCUT2D eigenvalue weighted by atomic mass is 16.5. The van der Waals surface area contributed by atoms with Crippen molar-refractivity contribution < 1.29 is 9.84 Å². The maximum Gasteiger partial charge on any atom is 0.123 e. The van der Waals surface area contributed by atoms with Gasteiger partial charge in [0.25, 0.3) is 0 Å². The lowest BCUT2D eigenvalue weighted by atomic mass is 9.83. The van der Waals surface area contributed by atoms with Crippen LogP contribution in [0.5, 0.6) is 11.5 Å². The van der Waals surface area contributed by atoms with Crippen molar-refractivity contribution >= 4 is 0 Å². The summed E-state index contributed by atoms with van der Waals surface area (Å²) in [5, 5.41) is 9.47. The fourth-order valence-electron chi connectivity index (χ4n) is 2.16. The molecule has 0 saturated carbocycles. The highest BCUT2D eigenvalue weighted by Crippen LogP contribution is 2.39. The molecule has 1 heterocycles. The van der Waals surface area contributed by atoms with Crippen molar-refractivity contribution in [1.82, 2.24) is 0 Å². The summed E-state index contributed by atoms with van der Waals surface area (Å²) >= 11 is 0. The molecule has 0 fully saturated rings. The third-order valence-corrected chi connectivity index (χ3v) is 3.14. The van der Waals surface area contributed by atoms with Gasteiger partial charge in [0, 0.05) is 5.56 Å². The highest BCUT2D eigenvalue weighted by Gasteiger charge is 2.25. The van der Waals surface area contributed by atoms with Crippen molar-refractivity contribution in [2.45, 2.75) is 19.3 Å². The molecule has 82 valence electrons. The Morgan fingerprint density at radius 2 is 2.40 bits per heavy atom. The summed E-state index contributed by atoms with van der Waals surface area (Å²) in [6.07, 6.45) is 0.981. The molecule has 15 heavy (non-hydrogen) atoms. The van der Waals surface area contributed by atoms with E-state index in [1.807, 2.05) is 6.07 Å². The molecule has 1 aliphatic heterocycles. The van der Waals surface area contributed by atoms with Crippen LogP contribution >= 0.6 is 0 Å². The Morgan fingerprint density at radius 1 is 1.60 bits per heavy atom. The van der Waals surface area contributed by atoms with Gasteiger partial charge < -0.3 is 15.6 Å². The Balaban J connectivity index is 2.36. The van der Waals surface area contributed by atoms with Gasteiger partial charge in [-0.05, 0) is 43.0 Å². The van der Waals surface area contributed by atoms with Crippen LogP contribution in [-0.2, 0) is 0 Å². The third kappa shape index (κ3) is 1.92. The molecule has 0 aliphatic carbocycles. The first-order chi connectivity index (χ1) is 7.22. The van der Waals surface area contributed by atoms with Crippen molar-refractivity contribution in [1.29, 1.82) is 0 Å². The highest BCUT2D eigenvalue weighted by molar-refractivity contribution is 5.43. The van der Waals surface area contributed by atoms with Gasteiger partial charge in [0.15, 0.2) is 0 Å². The van der Waals surface area contributed by atoms with E-state index in [2.05, 4.69) is 6.92 Å². The molecule has 2 unspecified atom stereocenters. The summed E-state index contributed by atoms with van der Waals surface area (Å²) in [6, 6.07) is 5.29. The molecule has 2 rings (SSSR count). The van der Waals surface area contributed by atoms with E-state index in [1.165, 1.54) is 0 Å². The van der Waals surface area contributed by atoms with Crippen LogP contribution in [0.2, 0.25) is 0 Å². The molecule has 0 radical (unpaired) electrons. The van der Waals surface area contributed by atoms with Gasteiger partial charge in [-0.3, -0.25) is 0 Å². The molecule has 0 aromatic heterocycles. The number of ether oxygens (including phenoxy) is 1. The Hall–Kier alpha value is -1.22. The third-order valence-electron chi connectivity index (χ3n) is 3.14. The number of benzene rings is 1. The fraction of sp³-hybridized carbons (Fsp3) is 0.500. The van der Waals surface area contributed by atoms with Crippen LogP contribution in [0.4, 0.5) is 0 Å². The molecule has 3 heteroatoms. The molecule has 1 aromatic carbocycles. The SMILES string of the molecule is CC(CN)C1CCOc2ccc(O)cc21. The molecule has 3 N–H and O–H groups in total. The van der Waals surface area contributed by atoms with Gasteiger partial charge in [-0.1, -0.05) is 6.92 Å². The summed E-state index contributed by atoms with van der Waals surface area (Å²) in [5.41, 5.74) is 6.79. The van der Waals surface area contributed by atoms with Crippen LogP contribution in [-0.4, -0.2) is 18.3 Å². The largest absolute Gasteiger partial charge is 0.508 e. The van der Waals surface area contributed by atoms with Crippen molar-refractivity contribution in [3.63, 3.8) is 0 Å². The van der Waals surface area contributed by atoms with E-state index in [4.69, 9.17) is 10.5 Å². The Morgan fingerprint density at radius 3 is 3.13 bits per heavy atom. The molecular weight excluding hydrogens is 190 g/mol. The minimum absolute atomic E-state index is 0.300. The van der Waals surface area contributed by atoms with E-state index in [1.54, 1.807) is 12.1 Å². The zero-order valence-corrected chi connectivity index (χ0v) is 8.94. The number of hydrogen-bond donors (Lipinski definition) is 2. The summed E-state index contributed by atoms with van der Waals surface area (Å²) in [6.45, 7) is 3.55. The molecule has 1 aromatic rings. The van der Waals surface area contributed by atoms with E-state index in [9.17, 15) is 5.11 Å². The van der Waals surface area contributed by atoms with Crippen LogP contribution in [0.15, 0.2) is 18.2 Å². The average Bonchev–Trinajstić information content (AvgIpc) is 2.27. The topological polar surface area (TPSA) is 55.5 Å². The van der Waals surface area contributed by atoms with E-state index < -0.39 is 0 Å². The minimum Gasteiger partial charge on any atom is -0.508 e. The van der Waals surface area contributed by atoms with Crippen molar-refractivity contribution in [2.75, 3.05) is 13.2 Å². The lowest BCUT2D eigenvalue weighted by Crippen LogP contribution is -2.24. The first kappa shape index (κ1) is 10.3. The van der Waals surface area contributed by atoms with E-state index >= 15 is 0 Å². The second kappa shape index (κ2) is 4.11. The molecule has 1 aliphatic rings. The predicted octanol–water partition coefficient (Wildman–Crippen LogP) is 1.85. The van der Waals surface area contributed by atoms with Crippen LogP contribution in [0.25, 0.3) is 0 Å². The second-order valence-electron chi connectivity index (χ2n) is 4.18. The van der Waals surface area contributed by atoms with E-state index in [-0.39, 0.29) is 0 Å². The maximum atomic E-state index is 9.47. The smallest absolute Gasteiger partial charge is 0.123 e. The molecule has 0 amide bonds. The van der Waals surface area contributed by atoms with Gasteiger partial charge in [0.05, 0.1) is 6.61 Å². The van der Waals surface area contributed by atoms with Gasteiger partial charge >= 0.3 is 0 Å². The number of aromatic hydroxyl groups is 1. The predicted molar refractivity (Wildman–Crippen MR) is 59.2 cm³/mol. The Bertz CT molecular complexity index is 351. The van der Waals surface area contributed by atoms with Gasteiger partial charge in [-0.15, -0.1) is 0 Å². The number of phenols is 1. The molecule has 0 spiro atoms. The van der Waals surface area contributed by atoms with Crippen LogP contribution < -0.4 is 10.5 Å². The van der Waals surface area contributed by atoms with Crippen molar-refractivity contribution in [3.8, 4) is 11.5 Å². The standard InChI is InChI=1S/C12H17NO2/c1-8(7-13)10-4-5-15-12-3-2-9(14)6-11(10)12/h2-3,6,8,10,14H,4-5,7,13H2,1H3. The number of nitrogens with two attached hydrogens (primary N) is 1. The number of rotatable bonds is 2. The van der Waals surface area contributed by atoms with Gasteiger partial charge in [0.2, 0.25) is 0 Å². The van der Waals surface area contributed by atoms with Crippen molar-refractivity contribution in [2.24, 2.45) is 11.7 Å². The Labute approximate surface area is 89.9 Å². The summed E-state index contributed by atoms with van der Waals surface area (Å²) in [5.74, 6) is 2.03. The van der Waals surface area contributed by atoms with Gasteiger partial charge in [-0.25, -0.2) is 0 Å². The first-order valence-electron chi connectivity index (χ1n) is 5.38. The molecule has 0 bridgehead atoms. The molecule has 3 nitrogen and oxygen atoms in total. The molecular formula is C12H17NO2. The van der Waals surface area contributed by atoms with Crippen LogP contribution in [0, 0.1) is 5.92 Å².